The van der Waals surface area contributed by atoms with Gasteiger partial charge in [0.2, 0.25) is 0 Å². The lowest BCUT2D eigenvalue weighted by atomic mass is 9.35. The normalized spacial score (nSPS) is 16.4. The second-order valence-electron chi connectivity index (χ2n) is 21.0. The Morgan fingerprint density at radius 3 is 1.92 bits per heavy atom. The maximum Gasteiger partial charge on any atom is 0.264 e. The minimum Gasteiger partial charge on any atom is -0.311 e. The predicted molar refractivity (Wildman–Crippen MR) is 259 cm³/mol. The number of nitrogens with zero attached hydrogens (tertiary/aromatic N) is 2. The summed E-state index contributed by atoms with van der Waals surface area (Å²) < 4.78 is 2.77. The van der Waals surface area contributed by atoms with E-state index >= 15 is 0 Å². The van der Waals surface area contributed by atoms with Gasteiger partial charge in [-0.05, 0) is 128 Å². The van der Waals surface area contributed by atoms with Gasteiger partial charge in [0.25, 0.3) is 6.71 Å². The highest BCUT2D eigenvalue weighted by Crippen LogP contribution is 2.55. The molecule has 0 saturated carbocycles. The zero-order valence-electron chi connectivity index (χ0n) is 36.8. The molecule has 4 heteroatoms. The van der Waals surface area contributed by atoms with E-state index < -0.39 is 0 Å². The van der Waals surface area contributed by atoms with Crippen molar-refractivity contribution in [2.24, 2.45) is 0 Å². The number of anilines is 6. The van der Waals surface area contributed by atoms with E-state index in [9.17, 15) is 0 Å². The largest absolute Gasteiger partial charge is 0.311 e. The molecule has 3 heterocycles. The summed E-state index contributed by atoms with van der Waals surface area (Å²) in [6.45, 7) is 26.2. The monoisotopic (exact) mass is 788 g/mol. The van der Waals surface area contributed by atoms with Gasteiger partial charge in [0, 0.05) is 43.2 Å². The van der Waals surface area contributed by atoms with Crippen LogP contribution >= 0.6 is 11.3 Å². The molecule has 2 aliphatic heterocycles. The molecule has 0 unspecified atom stereocenters. The maximum absolute atomic E-state index is 2.68. The molecule has 59 heavy (non-hydrogen) atoms. The highest BCUT2D eigenvalue weighted by molar-refractivity contribution is 7.33. The number of benzene rings is 6. The number of hydrogen-bond donors (Lipinski definition) is 0. The highest BCUT2D eigenvalue weighted by Gasteiger charge is 2.49. The van der Waals surface area contributed by atoms with Crippen LogP contribution in [-0.2, 0) is 21.7 Å². The summed E-state index contributed by atoms with van der Waals surface area (Å²) in [6, 6.07) is 47.0. The standard InChI is InChI=1S/C55H57BN2S/c1-34-31-44-48-45(32-34)58(43-28-23-37(53(5,6)7)33-40(43)35-17-13-12-14-18-35)49-39-19-15-16-20-46(39)59-51(49)56(48)42-27-26-41-47(55(10,11)30-29-54(41,8)9)50(42)57(44)38-24-21-36(22-25-38)52(2,3)4/h12-28,31-33H,29-30H2,1-11H3. The van der Waals surface area contributed by atoms with Gasteiger partial charge in [-0.1, -0.05) is 148 Å². The van der Waals surface area contributed by atoms with Gasteiger partial charge >= 0.3 is 0 Å². The van der Waals surface area contributed by atoms with Crippen LogP contribution in [0.15, 0.2) is 121 Å². The number of aryl methyl sites for hydroxylation is 1. The van der Waals surface area contributed by atoms with E-state index in [4.69, 9.17) is 0 Å². The Morgan fingerprint density at radius 1 is 0.593 bits per heavy atom. The number of hydrogen-bond acceptors (Lipinski definition) is 3. The molecule has 0 bridgehead atoms. The van der Waals surface area contributed by atoms with Crippen molar-refractivity contribution < 1.29 is 0 Å². The SMILES string of the molecule is Cc1cc2c3c(c1)N(c1ccc(C(C)(C)C)cc1-c1ccccc1)c1c(sc4ccccc14)B3c1ccc3c(c1N2c1ccc(C(C)(C)C)cc1)C(C)(C)CCC3(C)C. The summed E-state index contributed by atoms with van der Waals surface area (Å²) in [5.41, 5.74) is 20.2. The van der Waals surface area contributed by atoms with E-state index in [1.54, 1.807) is 0 Å². The smallest absolute Gasteiger partial charge is 0.264 e. The first-order valence-electron chi connectivity index (χ1n) is 21.7. The Bertz CT molecular complexity index is 2810. The first-order valence-corrected chi connectivity index (χ1v) is 22.5. The molecule has 296 valence electrons. The van der Waals surface area contributed by atoms with Crippen LogP contribution in [0.2, 0.25) is 0 Å². The van der Waals surface area contributed by atoms with Crippen LogP contribution in [-0.4, -0.2) is 6.71 Å². The lowest BCUT2D eigenvalue weighted by molar-refractivity contribution is 0.333. The van der Waals surface area contributed by atoms with Crippen molar-refractivity contribution in [3.05, 3.63) is 149 Å². The summed E-state index contributed by atoms with van der Waals surface area (Å²) in [6.07, 6.45) is 2.34. The molecule has 0 saturated heterocycles. The van der Waals surface area contributed by atoms with Gasteiger partial charge in [0.1, 0.15) is 0 Å². The average Bonchev–Trinajstić information content (AvgIpc) is 3.58. The summed E-state index contributed by atoms with van der Waals surface area (Å²) >= 11 is 1.99. The molecular weight excluding hydrogens is 731 g/mol. The molecule has 1 aromatic heterocycles. The van der Waals surface area contributed by atoms with Gasteiger partial charge < -0.3 is 9.80 Å². The first kappa shape index (κ1) is 38.2. The fraction of sp³-hybridized carbons (Fsp3) is 0.309. The molecule has 6 aromatic carbocycles. The lowest BCUT2D eigenvalue weighted by Gasteiger charge is -2.49. The van der Waals surface area contributed by atoms with Crippen LogP contribution in [0.25, 0.3) is 21.2 Å². The molecule has 7 aromatic rings. The molecule has 10 rings (SSSR count). The van der Waals surface area contributed by atoms with Crippen LogP contribution < -0.4 is 25.5 Å². The van der Waals surface area contributed by atoms with Crippen molar-refractivity contribution in [3.63, 3.8) is 0 Å². The van der Waals surface area contributed by atoms with E-state index in [-0.39, 0.29) is 28.4 Å². The molecule has 0 atom stereocenters. The van der Waals surface area contributed by atoms with Crippen molar-refractivity contribution in [2.75, 3.05) is 9.80 Å². The summed E-state index contributed by atoms with van der Waals surface area (Å²) in [4.78, 5) is 5.34. The Hall–Kier alpha value is -5.06. The van der Waals surface area contributed by atoms with Gasteiger partial charge in [0.05, 0.1) is 11.4 Å². The van der Waals surface area contributed by atoms with Gasteiger partial charge in [-0.2, -0.15) is 0 Å². The van der Waals surface area contributed by atoms with Crippen molar-refractivity contribution >= 4 is 78.0 Å². The summed E-state index contributed by atoms with van der Waals surface area (Å²) in [5.74, 6) is 0. The predicted octanol–water partition coefficient (Wildman–Crippen LogP) is 13.9. The summed E-state index contributed by atoms with van der Waals surface area (Å²) in [5, 5.41) is 1.32. The molecule has 0 N–H and O–H groups in total. The minimum absolute atomic E-state index is 0.00598. The van der Waals surface area contributed by atoms with E-state index in [2.05, 4.69) is 207 Å². The van der Waals surface area contributed by atoms with E-state index in [1.807, 2.05) is 11.3 Å². The van der Waals surface area contributed by atoms with E-state index in [1.165, 1.54) is 105 Å². The highest BCUT2D eigenvalue weighted by atomic mass is 32.1. The Kier molecular flexibility index (Phi) is 8.39. The second-order valence-corrected chi connectivity index (χ2v) is 22.1. The molecule has 0 radical (unpaired) electrons. The summed E-state index contributed by atoms with van der Waals surface area (Å²) in [7, 11) is 0. The van der Waals surface area contributed by atoms with Crippen molar-refractivity contribution in [1.29, 1.82) is 0 Å². The number of thiophene rings is 1. The van der Waals surface area contributed by atoms with Crippen LogP contribution in [0.3, 0.4) is 0 Å². The first-order chi connectivity index (χ1) is 27.9. The van der Waals surface area contributed by atoms with Crippen molar-refractivity contribution in [3.8, 4) is 11.1 Å². The van der Waals surface area contributed by atoms with Gasteiger partial charge in [-0.3, -0.25) is 0 Å². The fourth-order valence-electron chi connectivity index (χ4n) is 10.5. The maximum atomic E-state index is 2.68. The van der Waals surface area contributed by atoms with Crippen molar-refractivity contribution in [1.82, 2.24) is 0 Å². The van der Waals surface area contributed by atoms with Crippen LogP contribution in [0.4, 0.5) is 34.1 Å². The molecule has 1 aliphatic carbocycles. The third-order valence-electron chi connectivity index (χ3n) is 13.8. The molecule has 0 amide bonds. The van der Waals surface area contributed by atoms with Crippen molar-refractivity contribution in [2.45, 2.75) is 111 Å². The zero-order valence-corrected chi connectivity index (χ0v) is 37.7. The topological polar surface area (TPSA) is 6.48 Å². The molecule has 2 nitrogen and oxygen atoms in total. The van der Waals surface area contributed by atoms with Gasteiger partial charge in [0.15, 0.2) is 0 Å². The molecule has 0 fully saturated rings. The quantitative estimate of drug-likeness (QED) is 0.165. The molecule has 0 spiro atoms. The zero-order chi connectivity index (χ0) is 41.4. The number of rotatable bonds is 3. The Balaban J connectivity index is 1.34. The van der Waals surface area contributed by atoms with Gasteiger partial charge in [-0.15, -0.1) is 11.3 Å². The fourth-order valence-corrected chi connectivity index (χ4v) is 11.8. The minimum atomic E-state index is 0.00598. The van der Waals surface area contributed by atoms with Crippen LogP contribution in [0.5, 0.6) is 0 Å². The Morgan fingerprint density at radius 2 is 1.22 bits per heavy atom. The molecular formula is C55H57BN2S. The van der Waals surface area contributed by atoms with E-state index in [0.717, 1.165) is 6.42 Å². The lowest BCUT2D eigenvalue weighted by Crippen LogP contribution is -2.61. The molecule has 3 aliphatic rings. The van der Waals surface area contributed by atoms with Crippen LogP contribution in [0, 0.1) is 6.92 Å². The third-order valence-corrected chi connectivity index (χ3v) is 15.1. The average molecular weight is 789 g/mol. The van der Waals surface area contributed by atoms with Gasteiger partial charge in [-0.25, -0.2) is 0 Å². The second kappa shape index (κ2) is 13.0. The Labute approximate surface area is 357 Å². The van der Waals surface area contributed by atoms with Crippen LogP contribution in [0.1, 0.15) is 110 Å². The number of fused-ring (bicyclic) bond motifs is 8. The third kappa shape index (κ3) is 5.87. The van der Waals surface area contributed by atoms with E-state index in [0.29, 0.717) is 0 Å².